The van der Waals surface area contributed by atoms with E-state index in [1.807, 2.05) is 0 Å². The van der Waals surface area contributed by atoms with Crippen molar-refractivity contribution in [1.29, 1.82) is 0 Å². The molecule has 4 aromatic rings. The van der Waals surface area contributed by atoms with Gasteiger partial charge in [0.2, 0.25) is 0 Å². The number of hydrogen-bond donors (Lipinski definition) is 0. The molecule has 0 aliphatic carbocycles. The van der Waals surface area contributed by atoms with Crippen molar-refractivity contribution in [3.05, 3.63) is 84.0 Å². The Bertz CT molecular complexity index is 1340. The van der Waals surface area contributed by atoms with Crippen LogP contribution < -0.4 is 17.1 Å². The maximum atomic E-state index is 12.9. The molecule has 0 saturated heterocycles. The zero-order valence-corrected chi connectivity index (χ0v) is 18.8. The molecule has 14 heteroatoms. The summed E-state index contributed by atoms with van der Waals surface area (Å²) in [5, 5.41) is 5.99. The molecule has 0 saturated carbocycles. The normalized spacial score (nSPS) is 11.4. The minimum absolute atomic E-state index is 0.100. The maximum absolute atomic E-state index is 12.9. The van der Waals surface area contributed by atoms with Crippen molar-refractivity contribution in [3.63, 3.8) is 0 Å². The predicted octanol–water partition coefficient (Wildman–Crippen LogP) is 2.30. The van der Waals surface area contributed by atoms with Gasteiger partial charge in [0.05, 0.1) is 8.42 Å². The smallest absolute Gasteiger partial charge is 0.245 e. The van der Waals surface area contributed by atoms with Crippen LogP contribution in [0.3, 0.4) is 0 Å². The maximum Gasteiger partial charge on any atom is 0.361 e. The lowest BCUT2D eigenvalue weighted by Crippen LogP contribution is -2.53. The quantitative estimate of drug-likeness (QED) is 0.400. The number of hydrogen-bond acceptors (Lipinski definition) is 10. The fourth-order valence-corrected chi connectivity index (χ4v) is 7.60. The Morgan fingerprint density at radius 3 is 1.83 bits per heavy atom. The van der Waals surface area contributed by atoms with Gasteiger partial charge in [0.1, 0.15) is 0 Å². The first-order valence-electron chi connectivity index (χ1n) is 7.47. The van der Waals surface area contributed by atoms with Crippen LogP contribution in [0, 0.1) is 11.4 Å². The van der Waals surface area contributed by atoms with E-state index >= 15 is 0 Å². The molecule has 0 unspecified atom stereocenters. The number of aromatic nitrogens is 3. The summed E-state index contributed by atoms with van der Waals surface area (Å²) in [6, 6.07) is 10.4. The topological polar surface area (TPSA) is 100 Å². The number of rotatable bonds is 6. The highest BCUT2D eigenvalue weighted by Crippen LogP contribution is 2.25. The first kappa shape index (κ1) is 20.3. The van der Waals surface area contributed by atoms with Gasteiger partial charge in [0.15, 0.2) is 4.21 Å². The van der Waals surface area contributed by atoms with Crippen molar-refractivity contribution in [2.24, 2.45) is 0 Å². The summed E-state index contributed by atoms with van der Waals surface area (Å²) in [6.45, 7) is 0. The average molecular weight is 502 g/mol. The molecule has 0 N–H and O–H groups in total. The van der Waals surface area contributed by atoms with Gasteiger partial charge in [-0.15, -0.1) is 26.6 Å². The molecule has 0 aliphatic rings. The van der Waals surface area contributed by atoms with Crippen molar-refractivity contribution in [1.82, 2.24) is 11.9 Å². The van der Waals surface area contributed by atoms with E-state index in [1.54, 1.807) is 35.0 Å². The van der Waals surface area contributed by atoms with E-state index in [4.69, 9.17) is 0 Å². The largest absolute Gasteiger partial charge is 0.361 e. The van der Waals surface area contributed by atoms with Crippen molar-refractivity contribution in [2.75, 3.05) is 0 Å². The third-order valence-electron chi connectivity index (χ3n) is 3.29. The highest BCUT2D eigenvalue weighted by molar-refractivity contribution is 8.00. The van der Waals surface area contributed by atoms with Crippen LogP contribution in [0.5, 0.6) is 0 Å². The molecule has 0 aromatic carbocycles. The van der Waals surface area contributed by atoms with Crippen LogP contribution in [0.25, 0.3) is 0 Å². The van der Waals surface area contributed by atoms with Crippen LogP contribution >= 0.6 is 57.9 Å². The molecule has 4 heterocycles. The highest BCUT2D eigenvalue weighted by atomic mass is 32.2. The van der Waals surface area contributed by atoms with E-state index in [-0.39, 0.29) is 8.18 Å². The van der Waals surface area contributed by atoms with E-state index in [0.29, 0.717) is 27.7 Å². The van der Waals surface area contributed by atoms with Gasteiger partial charge < -0.3 is 0 Å². The third-order valence-corrected chi connectivity index (χ3v) is 10.1. The SMILES string of the molecule is O=c1n(Sc2cccs2)c(=O)n(S(=O)(=O)c2cc#cs2)c(=O)n1Sc1cccs1. The minimum atomic E-state index is -4.53. The lowest BCUT2D eigenvalue weighted by Gasteiger charge is -2.11. The van der Waals surface area contributed by atoms with E-state index in [2.05, 4.69) is 11.4 Å². The molecule has 4 aromatic heterocycles. The molecule has 8 nitrogen and oxygen atoms in total. The molecule has 0 spiro atoms. The summed E-state index contributed by atoms with van der Waals surface area (Å²) in [6.07, 6.45) is 0. The lowest BCUT2D eigenvalue weighted by molar-refractivity contribution is 0.578. The summed E-state index contributed by atoms with van der Waals surface area (Å²) in [4.78, 5) is 38.8. The van der Waals surface area contributed by atoms with Crippen LogP contribution in [0.2, 0.25) is 0 Å². The Kier molecular flexibility index (Phi) is 5.60. The molecule has 0 bridgehead atoms. The molecule has 0 fully saturated rings. The van der Waals surface area contributed by atoms with E-state index in [9.17, 15) is 22.8 Å². The monoisotopic (exact) mass is 501 g/mol. The van der Waals surface area contributed by atoms with Crippen LogP contribution in [0.1, 0.15) is 0 Å². The Morgan fingerprint density at radius 2 is 1.41 bits per heavy atom. The zero-order valence-electron chi connectivity index (χ0n) is 13.9. The second-order valence-corrected chi connectivity index (χ2v) is 12.3. The molecular formula is C15H7N3O5S6. The third kappa shape index (κ3) is 3.77. The van der Waals surface area contributed by atoms with Crippen LogP contribution in [0.15, 0.2) is 68.1 Å². The standard InChI is InChI=1S/C15H7N3O5S6/c19-13-16(27-10-4-1-7-24-10)14(20)18(29(22,23)12-6-3-9-26-12)15(21)17(13)28-11-5-2-8-25-11/h1-2,4-8H. The number of nitrogens with zero attached hydrogens (tertiary/aromatic N) is 3. The second kappa shape index (κ2) is 8.01. The Morgan fingerprint density at radius 1 is 0.862 bits per heavy atom. The molecule has 29 heavy (non-hydrogen) atoms. The minimum Gasteiger partial charge on any atom is -0.245 e. The zero-order chi connectivity index (χ0) is 20.6. The lowest BCUT2D eigenvalue weighted by atomic mass is 10.7. The van der Waals surface area contributed by atoms with Gasteiger partial charge in [-0.2, -0.15) is 16.4 Å². The molecule has 0 aliphatic heterocycles. The molecular weight excluding hydrogens is 495 g/mol. The summed E-state index contributed by atoms with van der Waals surface area (Å²) in [5.74, 6) is 0. The summed E-state index contributed by atoms with van der Waals surface area (Å²) < 4.78 is 28.2. The molecule has 148 valence electrons. The van der Waals surface area contributed by atoms with E-state index < -0.39 is 27.1 Å². The molecule has 0 atom stereocenters. The van der Waals surface area contributed by atoms with E-state index in [1.165, 1.54) is 22.7 Å². The predicted molar refractivity (Wildman–Crippen MR) is 115 cm³/mol. The van der Waals surface area contributed by atoms with Gasteiger partial charge in [0.25, 0.3) is 10.0 Å². The first-order chi connectivity index (χ1) is 13.9. The first-order valence-corrected chi connectivity index (χ1v) is 13.0. The van der Waals surface area contributed by atoms with Gasteiger partial charge in [-0.05, 0) is 28.3 Å². The van der Waals surface area contributed by atoms with Gasteiger partial charge in [-0.25, -0.2) is 14.4 Å². The summed E-state index contributed by atoms with van der Waals surface area (Å²) in [5.41, 5.74) is -3.45. The second-order valence-electron chi connectivity index (χ2n) is 5.06. The fourth-order valence-electron chi connectivity index (χ4n) is 2.08. The number of thiophene rings is 2. The van der Waals surface area contributed by atoms with Crippen LogP contribution in [0.4, 0.5) is 0 Å². The van der Waals surface area contributed by atoms with Crippen LogP contribution in [-0.4, -0.2) is 20.3 Å². The molecule has 0 radical (unpaired) electrons. The molecule has 4 rings (SSSR count). The van der Waals surface area contributed by atoms with Crippen molar-refractivity contribution in [2.45, 2.75) is 12.6 Å². The van der Waals surface area contributed by atoms with Gasteiger partial charge in [-0.1, -0.05) is 29.5 Å². The van der Waals surface area contributed by atoms with Gasteiger partial charge >= 0.3 is 17.1 Å². The van der Waals surface area contributed by atoms with Crippen molar-refractivity contribution in [3.8, 4) is 0 Å². The molecule has 0 amide bonds. The summed E-state index contributed by atoms with van der Waals surface area (Å²) in [7, 11) is -4.53. The fraction of sp³-hybridized carbons (Fsp3) is 0. The van der Waals surface area contributed by atoms with Crippen molar-refractivity contribution >= 4 is 67.9 Å². The summed E-state index contributed by atoms with van der Waals surface area (Å²) >= 11 is 4.74. The van der Waals surface area contributed by atoms with E-state index in [0.717, 1.165) is 30.0 Å². The Hall–Kier alpha value is -2.02. The Labute approximate surface area is 184 Å². The van der Waals surface area contributed by atoms with Crippen molar-refractivity contribution < 1.29 is 8.42 Å². The van der Waals surface area contributed by atoms with Gasteiger partial charge in [-0.3, -0.25) is 0 Å². The Balaban J connectivity index is 2.01. The highest BCUT2D eigenvalue weighted by Gasteiger charge is 2.28. The average Bonchev–Trinajstić information content (AvgIpc) is 3.45. The van der Waals surface area contributed by atoms with Crippen LogP contribution in [-0.2, 0) is 10.0 Å². The van der Waals surface area contributed by atoms with Gasteiger partial charge in [0, 0.05) is 30.0 Å².